The second kappa shape index (κ2) is 7.38. The Balaban J connectivity index is 1.67. The molecule has 0 aliphatic rings. The maximum absolute atomic E-state index is 12.7. The van der Waals surface area contributed by atoms with Crippen LogP contribution in [-0.2, 0) is 6.42 Å². The van der Waals surface area contributed by atoms with Crippen molar-refractivity contribution in [1.29, 1.82) is 0 Å². The molecule has 0 atom stereocenters. The molecule has 0 radical (unpaired) electrons. The molecule has 0 saturated carbocycles. The highest BCUT2D eigenvalue weighted by molar-refractivity contribution is 9.10. The summed E-state index contributed by atoms with van der Waals surface area (Å²) in [6.07, 6.45) is 1.93. The van der Waals surface area contributed by atoms with E-state index in [-0.39, 0.29) is 12.2 Å². The smallest absolute Gasteiger partial charge is 0.179 e. The number of benzene rings is 1. The molecule has 0 aliphatic heterocycles. The molecule has 4 aromatic rings. The first-order valence-electron chi connectivity index (χ1n) is 8.10. The lowest BCUT2D eigenvalue weighted by Gasteiger charge is -2.01. The number of anilines is 1. The van der Waals surface area contributed by atoms with E-state index in [0.29, 0.717) is 15.6 Å². The Bertz CT molecular complexity index is 1140. The van der Waals surface area contributed by atoms with Gasteiger partial charge >= 0.3 is 0 Å². The van der Waals surface area contributed by atoms with Crippen LogP contribution in [0.4, 0.5) is 5.69 Å². The summed E-state index contributed by atoms with van der Waals surface area (Å²) in [5.74, 6) is -0.0346. The Morgan fingerprint density at radius 1 is 1.11 bits per heavy atom. The summed E-state index contributed by atoms with van der Waals surface area (Å²) in [5, 5.41) is 1.48. The van der Waals surface area contributed by atoms with Crippen molar-refractivity contribution in [2.75, 3.05) is 5.73 Å². The average molecular weight is 459 g/mol. The van der Waals surface area contributed by atoms with Gasteiger partial charge in [0.25, 0.3) is 0 Å². The van der Waals surface area contributed by atoms with E-state index in [2.05, 4.69) is 25.9 Å². The van der Waals surface area contributed by atoms with Crippen LogP contribution in [-0.4, -0.2) is 15.8 Å². The van der Waals surface area contributed by atoms with Crippen LogP contribution in [0.25, 0.3) is 21.5 Å². The predicted molar refractivity (Wildman–Crippen MR) is 114 cm³/mol. The molecule has 27 heavy (non-hydrogen) atoms. The van der Waals surface area contributed by atoms with Gasteiger partial charge in [0.15, 0.2) is 5.78 Å². The molecule has 0 bridgehead atoms. The Morgan fingerprint density at radius 2 is 1.89 bits per heavy atom. The Labute approximate surface area is 173 Å². The van der Waals surface area contributed by atoms with Crippen molar-refractivity contribution < 1.29 is 4.79 Å². The van der Waals surface area contributed by atoms with Crippen molar-refractivity contribution in [2.45, 2.75) is 6.42 Å². The van der Waals surface area contributed by atoms with Crippen LogP contribution in [0.1, 0.15) is 15.2 Å². The highest BCUT2D eigenvalue weighted by Crippen LogP contribution is 2.35. The summed E-state index contributed by atoms with van der Waals surface area (Å²) in [4.78, 5) is 22.9. The first kappa shape index (κ1) is 18.1. The van der Waals surface area contributed by atoms with Crippen LogP contribution >= 0.6 is 38.9 Å². The third kappa shape index (κ3) is 3.74. The van der Waals surface area contributed by atoms with Crippen molar-refractivity contribution >= 4 is 60.6 Å². The number of thiophene rings is 1. The molecule has 7 heteroatoms. The fourth-order valence-electron chi connectivity index (χ4n) is 2.76. The minimum Gasteiger partial charge on any atom is -0.397 e. The molecule has 2 N–H and O–H groups in total. The van der Waals surface area contributed by atoms with Gasteiger partial charge in [-0.05, 0) is 51.8 Å². The number of fused-ring (bicyclic) bond motifs is 1. The highest BCUT2D eigenvalue weighted by Gasteiger charge is 2.18. The molecule has 0 amide bonds. The SMILES string of the molecule is Nc1c(C(=O)Cc2ccc(Br)nc2)sc2nc(-c3ccc(Cl)cc3)ccc12. The highest BCUT2D eigenvalue weighted by atomic mass is 79.9. The van der Waals surface area contributed by atoms with Gasteiger partial charge < -0.3 is 5.73 Å². The molecule has 0 aliphatic carbocycles. The zero-order valence-corrected chi connectivity index (χ0v) is 17.1. The fourth-order valence-corrected chi connectivity index (χ4v) is 4.15. The summed E-state index contributed by atoms with van der Waals surface area (Å²) >= 11 is 10.6. The van der Waals surface area contributed by atoms with Crippen LogP contribution in [0, 0.1) is 0 Å². The van der Waals surface area contributed by atoms with E-state index in [1.807, 2.05) is 48.5 Å². The van der Waals surface area contributed by atoms with Gasteiger partial charge in [0.2, 0.25) is 0 Å². The van der Waals surface area contributed by atoms with Crippen LogP contribution in [0.2, 0.25) is 5.02 Å². The van der Waals surface area contributed by atoms with Gasteiger partial charge in [0.05, 0.1) is 16.3 Å². The Kier molecular flexibility index (Phi) is 4.95. The Hall–Kier alpha value is -2.28. The number of hydrogen-bond donors (Lipinski definition) is 1. The van der Waals surface area contributed by atoms with Crippen molar-refractivity contribution in [2.24, 2.45) is 0 Å². The average Bonchev–Trinajstić information content (AvgIpc) is 3.00. The summed E-state index contributed by atoms with van der Waals surface area (Å²) in [7, 11) is 0. The van der Waals surface area contributed by atoms with Crippen LogP contribution in [0.3, 0.4) is 0 Å². The summed E-state index contributed by atoms with van der Waals surface area (Å²) in [6.45, 7) is 0. The van der Waals surface area contributed by atoms with Gasteiger partial charge in [-0.15, -0.1) is 11.3 Å². The lowest BCUT2D eigenvalue weighted by atomic mass is 10.1. The minimum atomic E-state index is -0.0346. The van der Waals surface area contributed by atoms with Crippen molar-refractivity contribution in [3.05, 3.63) is 74.8 Å². The lowest BCUT2D eigenvalue weighted by molar-refractivity contribution is 0.0997. The number of nitrogens with zero attached hydrogens (tertiary/aromatic N) is 2. The number of pyridine rings is 2. The third-order valence-electron chi connectivity index (χ3n) is 4.14. The molecular formula is C20H13BrClN3OS. The molecule has 0 spiro atoms. The molecule has 1 aromatic carbocycles. The van der Waals surface area contributed by atoms with E-state index in [9.17, 15) is 4.79 Å². The van der Waals surface area contributed by atoms with E-state index in [0.717, 1.165) is 31.6 Å². The summed E-state index contributed by atoms with van der Waals surface area (Å²) < 4.78 is 0.735. The lowest BCUT2D eigenvalue weighted by Crippen LogP contribution is -2.04. The topological polar surface area (TPSA) is 68.9 Å². The number of hydrogen-bond acceptors (Lipinski definition) is 5. The van der Waals surface area contributed by atoms with Crippen LogP contribution < -0.4 is 5.73 Å². The van der Waals surface area contributed by atoms with Crippen molar-refractivity contribution in [1.82, 2.24) is 9.97 Å². The largest absolute Gasteiger partial charge is 0.397 e. The standard InChI is InChI=1S/C20H13BrClN3OS/c21-17-8-1-11(10-24-17)9-16(26)19-18(23)14-6-7-15(25-20(14)27-19)12-2-4-13(22)5-3-12/h1-8,10H,9,23H2. The van der Waals surface area contributed by atoms with E-state index < -0.39 is 0 Å². The van der Waals surface area contributed by atoms with Gasteiger partial charge in [-0.3, -0.25) is 4.79 Å². The maximum atomic E-state index is 12.7. The summed E-state index contributed by atoms with van der Waals surface area (Å²) in [6, 6.07) is 15.0. The quantitative estimate of drug-likeness (QED) is 0.311. The van der Waals surface area contributed by atoms with E-state index in [4.69, 9.17) is 17.3 Å². The normalized spacial score (nSPS) is 11.0. The maximum Gasteiger partial charge on any atom is 0.179 e. The predicted octanol–water partition coefficient (Wildman–Crippen LogP) is 5.78. The molecule has 4 nitrogen and oxygen atoms in total. The third-order valence-corrected chi connectivity index (χ3v) is 6.02. The van der Waals surface area contributed by atoms with Gasteiger partial charge in [0.1, 0.15) is 9.43 Å². The van der Waals surface area contributed by atoms with Crippen molar-refractivity contribution in [3.8, 4) is 11.3 Å². The molecule has 4 rings (SSSR count). The number of carbonyl (C=O) groups is 1. The van der Waals surface area contributed by atoms with Crippen LogP contribution in [0.15, 0.2) is 59.3 Å². The van der Waals surface area contributed by atoms with Crippen LogP contribution in [0.5, 0.6) is 0 Å². The van der Waals surface area contributed by atoms with Gasteiger partial charge in [-0.1, -0.05) is 29.8 Å². The zero-order chi connectivity index (χ0) is 19.0. The van der Waals surface area contributed by atoms with E-state index in [1.54, 1.807) is 6.20 Å². The van der Waals surface area contributed by atoms with Gasteiger partial charge in [-0.2, -0.15) is 0 Å². The molecule has 3 aromatic heterocycles. The molecular weight excluding hydrogens is 446 g/mol. The molecule has 0 fully saturated rings. The number of rotatable bonds is 4. The van der Waals surface area contributed by atoms with Crippen molar-refractivity contribution in [3.63, 3.8) is 0 Å². The number of nitrogen functional groups attached to an aromatic ring is 1. The second-order valence-corrected chi connectivity index (χ2v) is 8.24. The minimum absolute atomic E-state index is 0.0346. The molecule has 0 saturated heterocycles. The van der Waals surface area contributed by atoms with Gasteiger partial charge in [0, 0.05) is 28.6 Å². The first-order chi connectivity index (χ1) is 13.0. The number of carbonyl (C=O) groups excluding carboxylic acids is 1. The number of ketones is 1. The molecule has 0 unspecified atom stereocenters. The first-order valence-corrected chi connectivity index (χ1v) is 10.1. The monoisotopic (exact) mass is 457 g/mol. The number of halogens is 2. The molecule has 3 heterocycles. The molecule has 134 valence electrons. The van der Waals surface area contributed by atoms with E-state index in [1.165, 1.54) is 11.3 Å². The number of nitrogens with two attached hydrogens (primary N) is 1. The summed E-state index contributed by atoms with van der Waals surface area (Å²) in [5.41, 5.74) is 9.34. The van der Waals surface area contributed by atoms with Gasteiger partial charge in [-0.25, -0.2) is 9.97 Å². The van der Waals surface area contributed by atoms with E-state index >= 15 is 0 Å². The Morgan fingerprint density at radius 3 is 2.59 bits per heavy atom. The number of aromatic nitrogens is 2. The number of Topliss-reactive ketones (excluding diaryl/α,β-unsaturated/α-hetero) is 1. The second-order valence-electron chi connectivity index (χ2n) is 5.99. The fraction of sp³-hybridized carbons (Fsp3) is 0.0500. The zero-order valence-electron chi connectivity index (χ0n) is 13.9.